The lowest BCUT2D eigenvalue weighted by molar-refractivity contribution is 0.0444. The number of nitrogens with zero attached hydrogens (tertiary/aromatic N) is 1. The second kappa shape index (κ2) is 6.84. The van der Waals surface area contributed by atoms with Crippen LogP contribution in [0.1, 0.15) is 37.8 Å². The molecule has 1 aromatic rings. The zero-order chi connectivity index (χ0) is 13.8. The predicted molar refractivity (Wildman–Crippen MR) is 82.0 cm³/mol. The zero-order valence-corrected chi connectivity index (χ0v) is 13.0. The molecule has 3 nitrogen and oxygen atoms in total. The SMILES string of the molecule is CC(N)C(c1cccc(Br)c1)N1CCCCC1CO. The Morgan fingerprint density at radius 3 is 2.89 bits per heavy atom. The van der Waals surface area contributed by atoms with E-state index in [1.807, 2.05) is 12.1 Å². The highest BCUT2D eigenvalue weighted by molar-refractivity contribution is 9.10. The van der Waals surface area contributed by atoms with E-state index < -0.39 is 0 Å². The molecule has 1 fully saturated rings. The molecule has 0 aliphatic carbocycles. The molecule has 1 aliphatic heterocycles. The van der Waals surface area contributed by atoms with Crippen molar-refractivity contribution in [2.24, 2.45) is 5.73 Å². The summed E-state index contributed by atoms with van der Waals surface area (Å²) in [4.78, 5) is 2.38. The second-order valence-corrected chi connectivity index (χ2v) is 6.34. The molecule has 0 saturated carbocycles. The van der Waals surface area contributed by atoms with Crippen LogP contribution in [-0.4, -0.2) is 35.2 Å². The Hall–Kier alpha value is -0.420. The average molecular weight is 327 g/mol. The van der Waals surface area contributed by atoms with Crippen LogP contribution < -0.4 is 5.73 Å². The van der Waals surface area contributed by atoms with Gasteiger partial charge >= 0.3 is 0 Å². The minimum absolute atomic E-state index is 0.0430. The van der Waals surface area contributed by atoms with Gasteiger partial charge in [-0.15, -0.1) is 0 Å². The van der Waals surface area contributed by atoms with Crippen molar-refractivity contribution in [3.05, 3.63) is 34.3 Å². The lowest BCUT2D eigenvalue weighted by Gasteiger charge is -2.42. The summed E-state index contributed by atoms with van der Waals surface area (Å²) in [5, 5.41) is 9.60. The number of nitrogens with two attached hydrogens (primary N) is 1. The van der Waals surface area contributed by atoms with Crippen molar-refractivity contribution >= 4 is 15.9 Å². The molecule has 3 unspecified atom stereocenters. The van der Waals surface area contributed by atoms with E-state index in [1.165, 1.54) is 18.4 Å². The van der Waals surface area contributed by atoms with Gasteiger partial charge in [-0.05, 0) is 44.0 Å². The number of benzene rings is 1. The Labute approximate surface area is 123 Å². The number of rotatable bonds is 4. The standard InChI is InChI=1S/C15H23BrN2O/c1-11(17)15(12-5-4-6-13(16)9-12)18-8-3-2-7-14(18)10-19/h4-6,9,11,14-15,19H,2-3,7-8,10,17H2,1H3. The molecule has 2 rings (SSSR count). The topological polar surface area (TPSA) is 49.5 Å². The minimum atomic E-state index is 0.0430. The number of halogens is 1. The molecule has 4 heteroatoms. The van der Waals surface area contributed by atoms with E-state index in [2.05, 4.69) is 39.9 Å². The summed E-state index contributed by atoms with van der Waals surface area (Å²) in [6, 6.07) is 8.80. The van der Waals surface area contributed by atoms with E-state index in [0.717, 1.165) is 17.4 Å². The zero-order valence-electron chi connectivity index (χ0n) is 11.4. The molecule has 0 spiro atoms. The van der Waals surface area contributed by atoms with Gasteiger partial charge in [-0.25, -0.2) is 0 Å². The van der Waals surface area contributed by atoms with Gasteiger partial charge in [-0.2, -0.15) is 0 Å². The smallest absolute Gasteiger partial charge is 0.0587 e. The summed E-state index contributed by atoms with van der Waals surface area (Å²) < 4.78 is 1.08. The maximum Gasteiger partial charge on any atom is 0.0587 e. The van der Waals surface area contributed by atoms with Crippen LogP contribution in [0, 0.1) is 0 Å². The van der Waals surface area contributed by atoms with Crippen LogP contribution in [0.15, 0.2) is 28.7 Å². The van der Waals surface area contributed by atoms with Crippen LogP contribution in [0.25, 0.3) is 0 Å². The van der Waals surface area contributed by atoms with Gasteiger partial charge in [0, 0.05) is 16.6 Å². The predicted octanol–water partition coefficient (Wildman–Crippen LogP) is 2.68. The molecule has 0 radical (unpaired) electrons. The van der Waals surface area contributed by atoms with Gasteiger partial charge in [-0.3, -0.25) is 4.90 Å². The van der Waals surface area contributed by atoms with E-state index in [9.17, 15) is 5.11 Å². The first kappa shape index (κ1) is 15.0. The van der Waals surface area contributed by atoms with Crippen LogP contribution in [-0.2, 0) is 0 Å². The fourth-order valence-corrected chi connectivity index (χ4v) is 3.49. The summed E-state index contributed by atoms with van der Waals surface area (Å²) in [6.45, 7) is 3.29. The van der Waals surface area contributed by atoms with Crippen molar-refractivity contribution in [3.8, 4) is 0 Å². The number of hydrogen-bond acceptors (Lipinski definition) is 3. The molecular weight excluding hydrogens is 304 g/mol. The Balaban J connectivity index is 2.28. The molecule has 1 saturated heterocycles. The number of likely N-dealkylation sites (tertiary alicyclic amines) is 1. The van der Waals surface area contributed by atoms with Crippen molar-refractivity contribution in [3.63, 3.8) is 0 Å². The molecule has 3 N–H and O–H groups in total. The highest BCUT2D eigenvalue weighted by atomic mass is 79.9. The van der Waals surface area contributed by atoms with E-state index in [-0.39, 0.29) is 24.7 Å². The van der Waals surface area contributed by atoms with Gasteiger partial charge in [0.25, 0.3) is 0 Å². The Morgan fingerprint density at radius 1 is 1.47 bits per heavy atom. The van der Waals surface area contributed by atoms with Crippen molar-refractivity contribution in [2.45, 2.75) is 44.3 Å². The van der Waals surface area contributed by atoms with Crippen LogP contribution in [0.4, 0.5) is 0 Å². The number of aliphatic hydroxyl groups is 1. The molecule has 1 aliphatic rings. The van der Waals surface area contributed by atoms with Crippen molar-refractivity contribution in [2.75, 3.05) is 13.2 Å². The van der Waals surface area contributed by atoms with E-state index >= 15 is 0 Å². The summed E-state index contributed by atoms with van der Waals surface area (Å²) in [5.74, 6) is 0. The molecule has 0 amide bonds. The second-order valence-electron chi connectivity index (χ2n) is 5.43. The Morgan fingerprint density at radius 2 is 2.26 bits per heavy atom. The number of aliphatic hydroxyl groups excluding tert-OH is 1. The largest absolute Gasteiger partial charge is 0.395 e. The van der Waals surface area contributed by atoms with Crippen LogP contribution in [0.3, 0.4) is 0 Å². The molecule has 0 bridgehead atoms. The summed E-state index contributed by atoms with van der Waals surface area (Å²) in [5.41, 5.74) is 7.45. The maximum absolute atomic E-state index is 9.60. The summed E-state index contributed by atoms with van der Waals surface area (Å²) >= 11 is 3.53. The molecule has 0 aromatic heterocycles. The van der Waals surface area contributed by atoms with Crippen LogP contribution in [0.2, 0.25) is 0 Å². The first-order valence-electron chi connectivity index (χ1n) is 7.01. The fourth-order valence-electron chi connectivity index (χ4n) is 3.07. The van der Waals surface area contributed by atoms with E-state index in [0.29, 0.717) is 0 Å². The lowest BCUT2D eigenvalue weighted by Crippen LogP contribution is -2.49. The third-order valence-electron chi connectivity index (χ3n) is 3.93. The monoisotopic (exact) mass is 326 g/mol. The highest BCUT2D eigenvalue weighted by Gasteiger charge is 2.31. The first-order chi connectivity index (χ1) is 9.13. The van der Waals surface area contributed by atoms with Gasteiger partial charge < -0.3 is 10.8 Å². The Bertz CT molecular complexity index is 411. The van der Waals surface area contributed by atoms with Gasteiger partial charge in [0.2, 0.25) is 0 Å². The molecule has 3 atom stereocenters. The quantitative estimate of drug-likeness (QED) is 0.894. The van der Waals surface area contributed by atoms with Gasteiger partial charge in [-0.1, -0.05) is 34.5 Å². The third kappa shape index (κ3) is 3.57. The molecule has 1 aromatic carbocycles. The molecule has 106 valence electrons. The molecule has 19 heavy (non-hydrogen) atoms. The number of piperidine rings is 1. The van der Waals surface area contributed by atoms with Crippen LogP contribution >= 0.6 is 15.9 Å². The van der Waals surface area contributed by atoms with E-state index in [1.54, 1.807) is 0 Å². The number of hydrogen-bond donors (Lipinski definition) is 2. The van der Waals surface area contributed by atoms with Crippen LogP contribution in [0.5, 0.6) is 0 Å². The van der Waals surface area contributed by atoms with Crippen molar-refractivity contribution < 1.29 is 5.11 Å². The summed E-state index contributed by atoms with van der Waals surface area (Å²) in [7, 11) is 0. The highest BCUT2D eigenvalue weighted by Crippen LogP contribution is 2.31. The van der Waals surface area contributed by atoms with Gasteiger partial charge in [0.05, 0.1) is 12.6 Å². The molecule has 1 heterocycles. The lowest BCUT2D eigenvalue weighted by atomic mass is 9.93. The maximum atomic E-state index is 9.60. The van der Waals surface area contributed by atoms with Crippen molar-refractivity contribution in [1.82, 2.24) is 4.90 Å². The average Bonchev–Trinajstić information content (AvgIpc) is 2.39. The first-order valence-corrected chi connectivity index (χ1v) is 7.80. The molecular formula is C15H23BrN2O. The Kier molecular flexibility index (Phi) is 5.39. The van der Waals surface area contributed by atoms with Crippen molar-refractivity contribution in [1.29, 1.82) is 0 Å². The normalized spacial score (nSPS) is 24.1. The van der Waals surface area contributed by atoms with E-state index in [4.69, 9.17) is 5.73 Å². The third-order valence-corrected chi connectivity index (χ3v) is 4.42. The summed E-state index contributed by atoms with van der Waals surface area (Å²) in [6.07, 6.45) is 3.45. The van der Waals surface area contributed by atoms with Gasteiger partial charge in [0.1, 0.15) is 0 Å². The fraction of sp³-hybridized carbons (Fsp3) is 0.600. The minimum Gasteiger partial charge on any atom is -0.395 e. The van der Waals surface area contributed by atoms with Gasteiger partial charge in [0.15, 0.2) is 0 Å².